The molecular weight excluding hydrogens is 436 g/mol. The molecule has 8 heteroatoms. The number of halogens is 1. The van der Waals surface area contributed by atoms with Gasteiger partial charge in [0.15, 0.2) is 0 Å². The smallest absolute Gasteiger partial charge is 0.246 e. The van der Waals surface area contributed by atoms with Crippen molar-refractivity contribution in [1.82, 2.24) is 4.31 Å². The van der Waals surface area contributed by atoms with E-state index in [1.54, 1.807) is 12.1 Å². The number of carbonyl (C=O) groups excluding carboxylic acids is 1. The van der Waals surface area contributed by atoms with E-state index in [1.807, 2.05) is 31.2 Å². The van der Waals surface area contributed by atoms with Gasteiger partial charge in [0.1, 0.15) is 10.6 Å². The quantitative estimate of drug-likeness (QED) is 0.649. The fourth-order valence-corrected chi connectivity index (χ4v) is 6.00. The molecule has 1 N–H and O–H groups in total. The first-order valence-corrected chi connectivity index (χ1v) is 12.6. The number of rotatable bonds is 7. The van der Waals surface area contributed by atoms with Crippen molar-refractivity contribution in [2.45, 2.75) is 43.4 Å². The number of ether oxygens (including phenoxy) is 1. The van der Waals surface area contributed by atoms with Gasteiger partial charge in [-0.1, -0.05) is 30.2 Å². The lowest BCUT2D eigenvalue weighted by molar-refractivity contribution is -0.117. The summed E-state index contributed by atoms with van der Waals surface area (Å²) in [6.07, 6.45) is 3.50. The zero-order valence-corrected chi connectivity index (χ0v) is 19.1. The van der Waals surface area contributed by atoms with Crippen molar-refractivity contribution in [2.24, 2.45) is 5.92 Å². The van der Waals surface area contributed by atoms with E-state index in [1.165, 1.54) is 10.4 Å². The minimum atomic E-state index is -3.69. The number of nitrogens with one attached hydrogen (secondary N) is 1. The van der Waals surface area contributed by atoms with Gasteiger partial charge in [0.2, 0.25) is 15.9 Å². The average molecular weight is 463 g/mol. The maximum absolute atomic E-state index is 13.3. The summed E-state index contributed by atoms with van der Waals surface area (Å²) in [5.41, 5.74) is 1.51. The fourth-order valence-electron chi connectivity index (χ4n) is 4.13. The average Bonchev–Trinajstić information content (AvgIpc) is 3.57. The van der Waals surface area contributed by atoms with E-state index < -0.39 is 10.0 Å². The van der Waals surface area contributed by atoms with Crippen LogP contribution in [0.2, 0.25) is 5.02 Å². The Morgan fingerprint density at radius 2 is 1.94 bits per heavy atom. The van der Waals surface area contributed by atoms with Crippen LogP contribution >= 0.6 is 11.6 Å². The van der Waals surface area contributed by atoms with Crippen LogP contribution in [-0.2, 0) is 14.8 Å². The molecule has 0 aromatic heterocycles. The zero-order chi connectivity index (χ0) is 22.0. The summed E-state index contributed by atoms with van der Waals surface area (Å²) in [5.74, 6) is 0.190. The highest BCUT2D eigenvalue weighted by molar-refractivity contribution is 7.89. The highest BCUT2D eigenvalue weighted by Gasteiger charge is 2.44. The second-order valence-electron chi connectivity index (χ2n) is 8.05. The van der Waals surface area contributed by atoms with E-state index in [2.05, 4.69) is 5.32 Å². The van der Waals surface area contributed by atoms with Gasteiger partial charge in [-0.25, -0.2) is 8.42 Å². The molecule has 2 atom stereocenters. The maximum atomic E-state index is 13.3. The van der Waals surface area contributed by atoms with Crippen LogP contribution in [0.25, 0.3) is 0 Å². The lowest BCUT2D eigenvalue weighted by Gasteiger charge is -2.27. The molecule has 2 unspecified atom stereocenters. The highest BCUT2D eigenvalue weighted by atomic mass is 35.5. The number of amides is 1. The molecule has 2 fully saturated rings. The van der Waals surface area contributed by atoms with E-state index in [9.17, 15) is 13.2 Å². The third-order valence-electron chi connectivity index (χ3n) is 5.85. The molecule has 1 aliphatic carbocycles. The predicted molar refractivity (Wildman–Crippen MR) is 121 cm³/mol. The Balaban J connectivity index is 1.53. The Labute approximate surface area is 188 Å². The van der Waals surface area contributed by atoms with Crippen molar-refractivity contribution < 1.29 is 17.9 Å². The zero-order valence-electron chi connectivity index (χ0n) is 17.5. The number of nitrogens with zero attached hydrogens (tertiary/aromatic N) is 1. The molecule has 0 bridgehead atoms. The number of piperidine rings is 1. The van der Waals surface area contributed by atoms with Crippen LogP contribution in [0.15, 0.2) is 47.4 Å². The molecule has 1 saturated heterocycles. The largest absolute Gasteiger partial charge is 0.492 e. The molecule has 1 aliphatic heterocycles. The summed E-state index contributed by atoms with van der Waals surface area (Å²) in [4.78, 5) is 12.9. The van der Waals surface area contributed by atoms with Crippen molar-refractivity contribution in [3.05, 3.63) is 53.1 Å². The van der Waals surface area contributed by atoms with Gasteiger partial charge in [-0.05, 0) is 68.0 Å². The summed E-state index contributed by atoms with van der Waals surface area (Å²) in [5, 5.41) is 3.55. The number of benzene rings is 2. The number of carbonyl (C=O) groups is 1. The van der Waals surface area contributed by atoms with Crippen molar-refractivity contribution in [1.29, 1.82) is 0 Å². The number of anilines is 1. The second-order valence-corrected chi connectivity index (χ2v) is 10.4. The van der Waals surface area contributed by atoms with Gasteiger partial charge < -0.3 is 10.1 Å². The minimum absolute atomic E-state index is 0.108. The van der Waals surface area contributed by atoms with Crippen molar-refractivity contribution in [3.63, 3.8) is 0 Å². The van der Waals surface area contributed by atoms with Gasteiger partial charge in [-0.2, -0.15) is 4.31 Å². The first kappa shape index (κ1) is 22.1. The second kappa shape index (κ2) is 9.18. The minimum Gasteiger partial charge on any atom is -0.492 e. The van der Waals surface area contributed by atoms with Gasteiger partial charge in [-0.3, -0.25) is 4.79 Å². The molecule has 2 aromatic carbocycles. The Morgan fingerprint density at radius 3 is 2.65 bits per heavy atom. The number of sulfonamides is 1. The maximum Gasteiger partial charge on any atom is 0.246 e. The van der Waals surface area contributed by atoms with Crippen LogP contribution in [-0.4, -0.2) is 38.3 Å². The Kier molecular flexibility index (Phi) is 6.55. The van der Waals surface area contributed by atoms with Crippen molar-refractivity contribution >= 4 is 33.2 Å². The fraction of sp³-hybridized carbons (Fsp3) is 0.435. The number of hydrogen-bond donors (Lipinski definition) is 1. The molecule has 31 heavy (non-hydrogen) atoms. The molecule has 1 saturated carbocycles. The molecule has 166 valence electrons. The van der Waals surface area contributed by atoms with Crippen LogP contribution in [0.4, 0.5) is 5.69 Å². The van der Waals surface area contributed by atoms with Crippen LogP contribution in [0, 0.1) is 5.92 Å². The normalized spacial score (nSPS) is 21.5. The van der Waals surface area contributed by atoms with Crippen LogP contribution in [0.3, 0.4) is 0 Å². The van der Waals surface area contributed by atoms with E-state index in [0.717, 1.165) is 31.2 Å². The van der Waals surface area contributed by atoms with Crippen LogP contribution < -0.4 is 10.1 Å². The predicted octanol–water partition coefficient (Wildman–Crippen LogP) is 4.66. The van der Waals surface area contributed by atoms with E-state index in [0.29, 0.717) is 36.2 Å². The molecular formula is C23H27ClN2O4S. The first-order chi connectivity index (χ1) is 14.9. The standard InChI is InChI=1S/C23H27ClN2O4S/c1-2-30-21-10-9-18(14-22(21)31(28,29)26-11-4-3-5-12-26)25-23(27)20-15-19(20)16-7-6-8-17(24)13-16/h6-10,13-14,19-20H,2-5,11-12,15H2,1H3,(H,25,27). The molecule has 1 heterocycles. The van der Waals surface area contributed by atoms with E-state index in [-0.39, 0.29) is 22.6 Å². The SMILES string of the molecule is CCOc1ccc(NC(=O)C2CC2c2cccc(Cl)c2)cc1S(=O)(=O)N1CCCCC1. The molecule has 2 aliphatic rings. The van der Waals surface area contributed by atoms with Crippen LogP contribution in [0.5, 0.6) is 5.75 Å². The van der Waals surface area contributed by atoms with Gasteiger partial charge in [0.05, 0.1) is 6.61 Å². The van der Waals surface area contributed by atoms with E-state index >= 15 is 0 Å². The number of hydrogen-bond acceptors (Lipinski definition) is 4. The summed E-state index contributed by atoms with van der Waals surface area (Å²) in [6.45, 7) is 3.19. The third kappa shape index (κ3) is 4.89. The summed E-state index contributed by atoms with van der Waals surface area (Å²) in [7, 11) is -3.69. The lowest BCUT2D eigenvalue weighted by Crippen LogP contribution is -2.35. The van der Waals surface area contributed by atoms with Crippen LogP contribution in [0.1, 0.15) is 44.1 Å². The summed E-state index contributed by atoms with van der Waals surface area (Å²) >= 11 is 6.07. The molecule has 4 rings (SSSR count). The summed E-state index contributed by atoms with van der Waals surface area (Å²) < 4.78 is 33.6. The lowest BCUT2D eigenvalue weighted by atomic mass is 10.1. The van der Waals surface area contributed by atoms with Gasteiger partial charge in [0.25, 0.3) is 0 Å². The van der Waals surface area contributed by atoms with Crippen molar-refractivity contribution in [3.8, 4) is 5.75 Å². The molecule has 6 nitrogen and oxygen atoms in total. The highest BCUT2D eigenvalue weighted by Crippen LogP contribution is 2.48. The molecule has 2 aromatic rings. The third-order valence-corrected chi connectivity index (χ3v) is 8.00. The molecule has 0 radical (unpaired) electrons. The Morgan fingerprint density at radius 1 is 1.16 bits per heavy atom. The van der Waals surface area contributed by atoms with Gasteiger partial charge >= 0.3 is 0 Å². The topological polar surface area (TPSA) is 75.7 Å². The van der Waals surface area contributed by atoms with E-state index in [4.69, 9.17) is 16.3 Å². The Bertz CT molecular complexity index is 1070. The molecule has 0 spiro atoms. The monoisotopic (exact) mass is 462 g/mol. The molecule has 1 amide bonds. The van der Waals surface area contributed by atoms with Gasteiger partial charge in [0, 0.05) is 29.7 Å². The summed E-state index contributed by atoms with van der Waals surface area (Å²) in [6, 6.07) is 12.4. The van der Waals surface area contributed by atoms with Crippen molar-refractivity contribution in [2.75, 3.05) is 25.0 Å². The van der Waals surface area contributed by atoms with Gasteiger partial charge in [-0.15, -0.1) is 0 Å². The Hall–Kier alpha value is -2.09. The first-order valence-electron chi connectivity index (χ1n) is 10.7.